The SMILES string of the molecule is COc1ccc(S(=O)(=O)N2CCN(c3ccc(-n4ccc(C)n4)nn3)CC2)cc1F. The zero-order valence-electron chi connectivity index (χ0n) is 16.6. The number of halogens is 1. The number of hydrogen-bond donors (Lipinski definition) is 0. The first kappa shape index (κ1) is 20.2. The van der Waals surface area contributed by atoms with E-state index in [2.05, 4.69) is 15.3 Å². The van der Waals surface area contributed by atoms with E-state index in [1.54, 1.807) is 4.68 Å². The van der Waals surface area contributed by atoms with Crippen molar-refractivity contribution in [3.63, 3.8) is 0 Å². The molecule has 0 aliphatic carbocycles. The summed E-state index contributed by atoms with van der Waals surface area (Å²) in [5.74, 6) is 0.566. The molecule has 4 rings (SSSR count). The predicted molar refractivity (Wildman–Crippen MR) is 108 cm³/mol. The van der Waals surface area contributed by atoms with E-state index in [1.165, 1.54) is 23.5 Å². The lowest BCUT2D eigenvalue weighted by Crippen LogP contribution is -2.49. The molecule has 158 valence electrons. The lowest BCUT2D eigenvalue weighted by Gasteiger charge is -2.34. The minimum absolute atomic E-state index is 0.00561. The van der Waals surface area contributed by atoms with E-state index in [0.717, 1.165) is 11.8 Å². The second kappa shape index (κ2) is 8.00. The quantitative estimate of drug-likeness (QED) is 0.605. The Morgan fingerprint density at radius 3 is 2.27 bits per heavy atom. The zero-order valence-corrected chi connectivity index (χ0v) is 17.4. The minimum Gasteiger partial charge on any atom is -0.494 e. The fourth-order valence-electron chi connectivity index (χ4n) is 3.27. The summed E-state index contributed by atoms with van der Waals surface area (Å²) >= 11 is 0. The molecular formula is C19H21FN6O3S. The van der Waals surface area contributed by atoms with Crippen LogP contribution in [0, 0.1) is 12.7 Å². The number of ether oxygens (including phenoxy) is 1. The largest absolute Gasteiger partial charge is 0.494 e. The van der Waals surface area contributed by atoms with Crippen LogP contribution >= 0.6 is 0 Å². The van der Waals surface area contributed by atoms with Crippen molar-refractivity contribution in [1.29, 1.82) is 0 Å². The summed E-state index contributed by atoms with van der Waals surface area (Å²) in [6.07, 6.45) is 1.81. The highest BCUT2D eigenvalue weighted by atomic mass is 32.2. The molecule has 1 fully saturated rings. The predicted octanol–water partition coefficient (Wildman–Crippen LogP) is 1.63. The maximum Gasteiger partial charge on any atom is 0.243 e. The van der Waals surface area contributed by atoms with Gasteiger partial charge in [-0.3, -0.25) is 0 Å². The Labute approximate surface area is 173 Å². The summed E-state index contributed by atoms with van der Waals surface area (Å²) in [4.78, 5) is 1.87. The molecule has 9 nitrogen and oxygen atoms in total. The van der Waals surface area contributed by atoms with E-state index in [-0.39, 0.29) is 23.7 Å². The first-order valence-electron chi connectivity index (χ1n) is 9.33. The number of piperazine rings is 1. The number of methoxy groups -OCH3 is 1. The van der Waals surface area contributed by atoms with Gasteiger partial charge in [-0.1, -0.05) is 0 Å². The number of sulfonamides is 1. The third-order valence-electron chi connectivity index (χ3n) is 4.92. The standard InChI is InChI=1S/C19H21FN6O3S/c1-14-7-8-26(23-14)19-6-5-18(21-22-19)24-9-11-25(12-10-24)30(27,28)15-3-4-17(29-2)16(20)13-15/h3-8,13H,9-12H2,1-2H3. The van der Waals surface area contributed by atoms with Crippen LogP contribution in [0.25, 0.3) is 5.82 Å². The molecule has 0 amide bonds. The first-order valence-corrected chi connectivity index (χ1v) is 10.8. The molecule has 11 heteroatoms. The van der Waals surface area contributed by atoms with Crippen LogP contribution in [0.3, 0.4) is 0 Å². The van der Waals surface area contributed by atoms with E-state index in [4.69, 9.17) is 4.74 Å². The van der Waals surface area contributed by atoms with Crippen molar-refractivity contribution < 1.29 is 17.5 Å². The Morgan fingerprint density at radius 2 is 1.70 bits per heavy atom. The van der Waals surface area contributed by atoms with Gasteiger partial charge in [-0.05, 0) is 43.3 Å². The van der Waals surface area contributed by atoms with Crippen LogP contribution in [0.5, 0.6) is 5.75 Å². The summed E-state index contributed by atoms with van der Waals surface area (Å²) in [5, 5.41) is 12.7. The lowest BCUT2D eigenvalue weighted by atomic mass is 10.3. The normalized spacial score (nSPS) is 15.4. The smallest absolute Gasteiger partial charge is 0.243 e. The number of aryl methyl sites for hydroxylation is 1. The van der Waals surface area contributed by atoms with Crippen LogP contribution in [0.4, 0.5) is 10.2 Å². The molecule has 1 aliphatic rings. The molecule has 0 unspecified atom stereocenters. The highest BCUT2D eigenvalue weighted by molar-refractivity contribution is 7.89. The van der Waals surface area contributed by atoms with E-state index < -0.39 is 15.8 Å². The number of benzene rings is 1. The number of hydrogen-bond acceptors (Lipinski definition) is 7. The molecule has 2 aromatic heterocycles. The number of rotatable bonds is 5. The Hall–Kier alpha value is -3.05. The molecule has 0 atom stereocenters. The maximum absolute atomic E-state index is 14.0. The van der Waals surface area contributed by atoms with Gasteiger partial charge in [-0.2, -0.15) is 9.40 Å². The Morgan fingerprint density at radius 1 is 1.00 bits per heavy atom. The van der Waals surface area contributed by atoms with Gasteiger partial charge in [0.05, 0.1) is 17.7 Å². The molecule has 3 heterocycles. The molecule has 0 radical (unpaired) electrons. The summed E-state index contributed by atoms with van der Waals surface area (Å²) < 4.78 is 47.5. The minimum atomic E-state index is -3.79. The fraction of sp³-hybridized carbons (Fsp3) is 0.316. The molecular weight excluding hydrogens is 411 g/mol. The average Bonchev–Trinajstić information content (AvgIpc) is 3.20. The summed E-state index contributed by atoms with van der Waals surface area (Å²) in [7, 11) is -2.46. The number of anilines is 1. The molecule has 1 aromatic carbocycles. The van der Waals surface area contributed by atoms with Crippen molar-refractivity contribution in [3.05, 3.63) is 54.1 Å². The molecule has 0 N–H and O–H groups in total. The van der Waals surface area contributed by atoms with Gasteiger partial charge in [0.25, 0.3) is 0 Å². The molecule has 1 aliphatic heterocycles. The maximum atomic E-state index is 14.0. The summed E-state index contributed by atoms with van der Waals surface area (Å²) in [5.41, 5.74) is 0.884. The van der Waals surface area contributed by atoms with Gasteiger partial charge >= 0.3 is 0 Å². The van der Waals surface area contributed by atoms with Crippen molar-refractivity contribution in [3.8, 4) is 11.6 Å². The summed E-state index contributed by atoms with van der Waals surface area (Å²) in [6, 6.07) is 9.19. The van der Waals surface area contributed by atoms with Crippen molar-refractivity contribution in [2.75, 3.05) is 38.2 Å². The highest BCUT2D eigenvalue weighted by Gasteiger charge is 2.29. The lowest BCUT2D eigenvalue weighted by molar-refractivity contribution is 0.379. The van der Waals surface area contributed by atoms with Crippen LogP contribution in [0.2, 0.25) is 0 Å². The molecule has 1 saturated heterocycles. The van der Waals surface area contributed by atoms with Crippen LogP contribution in [-0.2, 0) is 10.0 Å². The topological polar surface area (TPSA) is 93.5 Å². The number of nitrogens with zero attached hydrogens (tertiary/aromatic N) is 6. The highest BCUT2D eigenvalue weighted by Crippen LogP contribution is 2.24. The Balaban J connectivity index is 1.44. The van der Waals surface area contributed by atoms with Gasteiger partial charge in [-0.25, -0.2) is 17.5 Å². The Kier molecular flexibility index (Phi) is 5.39. The second-order valence-corrected chi connectivity index (χ2v) is 8.78. The first-order chi connectivity index (χ1) is 14.4. The zero-order chi connectivity index (χ0) is 21.3. The van der Waals surface area contributed by atoms with Crippen molar-refractivity contribution in [1.82, 2.24) is 24.3 Å². The van der Waals surface area contributed by atoms with Crippen molar-refractivity contribution in [2.24, 2.45) is 0 Å². The summed E-state index contributed by atoms with van der Waals surface area (Å²) in [6.45, 7) is 3.32. The van der Waals surface area contributed by atoms with Crippen molar-refractivity contribution in [2.45, 2.75) is 11.8 Å². The molecule has 0 spiro atoms. The van der Waals surface area contributed by atoms with Gasteiger partial charge in [0, 0.05) is 32.4 Å². The van der Waals surface area contributed by atoms with Gasteiger partial charge in [-0.15, -0.1) is 10.2 Å². The monoisotopic (exact) mass is 432 g/mol. The Bertz CT molecular complexity index is 1140. The molecule has 0 bridgehead atoms. The molecule has 0 saturated carbocycles. The number of aromatic nitrogens is 4. The van der Waals surface area contributed by atoms with Crippen LogP contribution in [0.15, 0.2) is 47.5 Å². The van der Waals surface area contributed by atoms with Gasteiger partial charge in [0.2, 0.25) is 10.0 Å². The van der Waals surface area contributed by atoms with E-state index in [0.29, 0.717) is 24.7 Å². The van der Waals surface area contributed by atoms with Gasteiger partial charge < -0.3 is 9.64 Å². The van der Waals surface area contributed by atoms with E-state index in [9.17, 15) is 12.8 Å². The van der Waals surface area contributed by atoms with E-state index >= 15 is 0 Å². The third kappa shape index (κ3) is 3.85. The van der Waals surface area contributed by atoms with Crippen LogP contribution in [-0.4, -0.2) is 66.0 Å². The van der Waals surface area contributed by atoms with Gasteiger partial charge in [0.15, 0.2) is 23.2 Å². The van der Waals surface area contributed by atoms with Crippen LogP contribution in [0.1, 0.15) is 5.69 Å². The van der Waals surface area contributed by atoms with Crippen LogP contribution < -0.4 is 9.64 Å². The van der Waals surface area contributed by atoms with E-state index in [1.807, 2.05) is 36.2 Å². The molecule has 3 aromatic rings. The fourth-order valence-corrected chi connectivity index (χ4v) is 4.70. The average molecular weight is 432 g/mol. The molecule has 30 heavy (non-hydrogen) atoms. The second-order valence-electron chi connectivity index (χ2n) is 6.84. The third-order valence-corrected chi connectivity index (χ3v) is 6.81. The van der Waals surface area contributed by atoms with Crippen molar-refractivity contribution >= 4 is 15.8 Å². The van der Waals surface area contributed by atoms with Gasteiger partial charge in [0.1, 0.15) is 0 Å².